The Bertz CT molecular complexity index is 470. The highest BCUT2D eigenvalue weighted by Gasteiger charge is 2.30. The van der Waals surface area contributed by atoms with E-state index < -0.39 is 11.4 Å². The van der Waals surface area contributed by atoms with Crippen LogP contribution < -0.4 is 11.1 Å². The Labute approximate surface area is 111 Å². The molecule has 19 heavy (non-hydrogen) atoms. The van der Waals surface area contributed by atoms with Crippen LogP contribution in [-0.2, 0) is 0 Å². The van der Waals surface area contributed by atoms with Crippen LogP contribution in [0.2, 0.25) is 0 Å². The number of rotatable bonds is 5. The van der Waals surface area contributed by atoms with E-state index in [0.717, 1.165) is 18.5 Å². The molecule has 4 N–H and O–H groups in total. The van der Waals surface area contributed by atoms with Crippen molar-refractivity contribution in [2.24, 2.45) is 0 Å². The van der Waals surface area contributed by atoms with Crippen molar-refractivity contribution in [1.29, 1.82) is 0 Å². The molecule has 0 saturated heterocycles. The number of aromatic nitrogens is 2. The van der Waals surface area contributed by atoms with Crippen molar-refractivity contribution in [1.82, 2.24) is 15.5 Å². The third-order valence-corrected chi connectivity index (χ3v) is 3.42. The van der Waals surface area contributed by atoms with Gasteiger partial charge in [-0.3, -0.25) is 9.89 Å². The molecule has 0 atom stereocenters. The Morgan fingerprint density at radius 2 is 2.21 bits per heavy atom. The maximum absolute atomic E-state index is 11.9. The molecule has 1 saturated carbocycles. The van der Waals surface area contributed by atoms with Crippen molar-refractivity contribution in [2.75, 3.05) is 18.0 Å². The van der Waals surface area contributed by atoms with Gasteiger partial charge in [0.1, 0.15) is 0 Å². The quantitative estimate of drug-likeness (QED) is 0.724. The van der Waals surface area contributed by atoms with E-state index in [0.29, 0.717) is 11.6 Å². The number of alkyl halides is 3. The van der Waals surface area contributed by atoms with Gasteiger partial charge in [0.15, 0.2) is 5.69 Å². The van der Waals surface area contributed by atoms with Gasteiger partial charge in [0.25, 0.3) is 5.91 Å². The first-order valence-electron chi connectivity index (χ1n) is 5.71. The lowest BCUT2D eigenvalue weighted by molar-refractivity contribution is -0.0327. The molecule has 0 aromatic carbocycles. The SMILES string of the molecule is Nc1c(C(=O)NCCSC(F)(F)F)n[nH]c1C1CC1. The smallest absolute Gasteiger partial charge is 0.395 e. The summed E-state index contributed by atoms with van der Waals surface area (Å²) in [6.07, 6.45) is 2.02. The van der Waals surface area contributed by atoms with Crippen LogP contribution in [-0.4, -0.2) is 33.9 Å². The number of hydrogen-bond acceptors (Lipinski definition) is 4. The number of halogens is 3. The molecule has 0 unspecified atom stereocenters. The summed E-state index contributed by atoms with van der Waals surface area (Å²) in [5.74, 6) is -0.465. The molecule has 2 rings (SSSR count). The van der Waals surface area contributed by atoms with Gasteiger partial charge in [0.05, 0.1) is 11.4 Å². The van der Waals surface area contributed by atoms with E-state index in [9.17, 15) is 18.0 Å². The fourth-order valence-electron chi connectivity index (χ4n) is 1.64. The molecule has 0 bridgehead atoms. The molecule has 1 fully saturated rings. The highest BCUT2D eigenvalue weighted by molar-refractivity contribution is 8.00. The summed E-state index contributed by atoms with van der Waals surface area (Å²) in [6.45, 7) is -0.0892. The van der Waals surface area contributed by atoms with Crippen LogP contribution in [0, 0.1) is 0 Å². The molecule has 1 heterocycles. The van der Waals surface area contributed by atoms with E-state index >= 15 is 0 Å². The number of H-pyrrole nitrogens is 1. The largest absolute Gasteiger partial charge is 0.441 e. The van der Waals surface area contributed by atoms with Crippen LogP contribution in [0.1, 0.15) is 34.9 Å². The normalized spacial score (nSPS) is 15.5. The van der Waals surface area contributed by atoms with Crippen molar-refractivity contribution >= 4 is 23.4 Å². The van der Waals surface area contributed by atoms with Gasteiger partial charge >= 0.3 is 5.51 Å². The molecule has 9 heteroatoms. The fraction of sp³-hybridized carbons (Fsp3) is 0.600. The highest BCUT2D eigenvalue weighted by atomic mass is 32.2. The molecular formula is C10H13F3N4OS. The van der Waals surface area contributed by atoms with Crippen LogP contribution in [0.25, 0.3) is 0 Å². The average Bonchev–Trinajstić information content (AvgIpc) is 3.07. The van der Waals surface area contributed by atoms with Gasteiger partial charge in [0, 0.05) is 18.2 Å². The number of hydrogen-bond donors (Lipinski definition) is 3. The first-order valence-corrected chi connectivity index (χ1v) is 6.69. The van der Waals surface area contributed by atoms with Crippen LogP contribution in [0.5, 0.6) is 0 Å². The lowest BCUT2D eigenvalue weighted by Gasteiger charge is -2.06. The molecule has 5 nitrogen and oxygen atoms in total. The van der Waals surface area contributed by atoms with Crippen LogP contribution >= 0.6 is 11.8 Å². The summed E-state index contributed by atoms with van der Waals surface area (Å²) in [7, 11) is 0. The van der Waals surface area contributed by atoms with E-state index in [-0.39, 0.29) is 29.8 Å². The molecule has 106 valence electrons. The predicted molar refractivity (Wildman–Crippen MR) is 65.8 cm³/mol. The van der Waals surface area contributed by atoms with Crippen molar-refractivity contribution in [3.05, 3.63) is 11.4 Å². The van der Waals surface area contributed by atoms with Gasteiger partial charge in [-0.25, -0.2) is 0 Å². The summed E-state index contributed by atoms with van der Waals surface area (Å²) >= 11 is -0.179. The Hall–Kier alpha value is -1.38. The third kappa shape index (κ3) is 3.79. The molecule has 1 aliphatic carbocycles. The number of nitrogen functional groups attached to an aromatic ring is 1. The number of carbonyl (C=O) groups is 1. The fourth-order valence-corrected chi connectivity index (χ4v) is 2.07. The number of carbonyl (C=O) groups excluding carboxylic acids is 1. The molecular weight excluding hydrogens is 281 g/mol. The summed E-state index contributed by atoms with van der Waals surface area (Å²) in [6, 6.07) is 0. The second-order valence-corrected chi connectivity index (χ2v) is 5.38. The number of nitrogens with two attached hydrogens (primary N) is 1. The van der Waals surface area contributed by atoms with Gasteiger partial charge in [0.2, 0.25) is 0 Å². The van der Waals surface area contributed by atoms with Crippen molar-refractivity contribution in [2.45, 2.75) is 24.3 Å². The van der Waals surface area contributed by atoms with Crippen molar-refractivity contribution in [3.63, 3.8) is 0 Å². The molecule has 1 aromatic heterocycles. The van der Waals surface area contributed by atoms with E-state index in [1.54, 1.807) is 0 Å². The number of thioether (sulfide) groups is 1. The second-order valence-electron chi connectivity index (χ2n) is 4.22. The molecule has 0 radical (unpaired) electrons. The molecule has 0 spiro atoms. The molecule has 0 aliphatic heterocycles. The number of nitrogens with zero attached hydrogens (tertiary/aromatic N) is 1. The second kappa shape index (κ2) is 5.32. The average molecular weight is 294 g/mol. The van der Waals surface area contributed by atoms with Crippen LogP contribution in [0.15, 0.2) is 0 Å². The maximum Gasteiger partial charge on any atom is 0.441 e. The van der Waals surface area contributed by atoms with E-state index in [1.807, 2.05) is 0 Å². The van der Waals surface area contributed by atoms with Gasteiger partial charge in [-0.15, -0.1) is 0 Å². The number of nitrogens with one attached hydrogen (secondary N) is 2. The molecule has 1 aromatic rings. The van der Waals surface area contributed by atoms with E-state index in [1.165, 1.54) is 0 Å². The van der Waals surface area contributed by atoms with E-state index in [4.69, 9.17) is 5.73 Å². The highest BCUT2D eigenvalue weighted by Crippen LogP contribution is 2.42. The zero-order valence-corrected chi connectivity index (χ0v) is 10.7. The zero-order valence-electron chi connectivity index (χ0n) is 9.88. The van der Waals surface area contributed by atoms with Gasteiger partial charge < -0.3 is 11.1 Å². The van der Waals surface area contributed by atoms with E-state index in [2.05, 4.69) is 15.5 Å². The van der Waals surface area contributed by atoms with Crippen LogP contribution in [0.3, 0.4) is 0 Å². The Kier molecular flexibility index (Phi) is 3.93. The number of aromatic amines is 1. The predicted octanol–water partition coefficient (Wildman–Crippen LogP) is 1.85. The number of anilines is 1. The maximum atomic E-state index is 11.9. The zero-order chi connectivity index (χ0) is 14.0. The minimum Gasteiger partial charge on any atom is -0.395 e. The van der Waals surface area contributed by atoms with Gasteiger partial charge in [-0.2, -0.15) is 18.3 Å². The van der Waals surface area contributed by atoms with Crippen LogP contribution in [0.4, 0.5) is 18.9 Å². The summed E-state index contributed by atoms with van der Waals surface area (Å²) in [5, 5.41) is 8.89. The Morgan fingerprint density at radius 3 is 2.79 bits per heavy atom. The Balaban J connectivity index is 1.83. The Morgan fingerprint density at radius 1 is 1.53 bits per heavy atom. The van der Waals surface area contributed by atoms with Gasteiger partial charge in [-0.05, 0) is 24.6 Å². The lowest BCUT2D eigenvalue weighted by atomic mass is 10.2. The van der Waals surface area contributed by atoms with Gasteiger partial charge in [-0.1, -0.05) is 0 Å². The molecule has 1 amide bonds. The molecule has 1 aliphatic rings. The topological polar surface area (TPSA) is 83.8 Å². The monoisotopic (exact) mass is 294 g/mol. The summed E-state index contributed by atoms with van der Waals surface area (Å²) < 4.78 is 35.6. The summed E-state index contributed by atoms with van der Waals surface area (Å²) in [4.78, 5) is 11.7. The van der Waals surface area contributed by atoms with Crippen molar-refractivity contribution in [3.8, 4) is 0 Å². The first-order chi connectivity index (χ1) is 8.88. The first kappa shape index (κ1) is 14.0. The standard InChI is InChI=1S/C10H13F3N4OS/c11-10(12,13)19-4-3-15-9(18)8-6(14)7(16-17-8)5-1-2-5/h5H,1-4,14H2,(H,15,18)(H,16,17). The third-order valence-electron chi connectivity index (χ3n) is 2.69. The number of amides is 1. The summed E-state index contributed by atoms with van der Waals surface area (Å²) in [5.41, 5.74) is 2.59. The minimum absolute atomic E-state index is 0.0545. The van der Waals surface area contributed by atoms with Crippen molar-refractivity contribution < 1.29 is 18.0 Å². The lowest BCUT2D eigenvalue weighted by Crippen LogP contribution is -2.27. The minimum atomic E-state index is -4.28.